The number of carboxylic acids is 1. The van der Waals surface area contributed by atoms with Crippen LogP contribution in [-0.2, 0) is 6.54 Å². The standard InChI is InChI=1S/C36H43N5O2/c1-5-10-27-15-24(6-2)21-40(23-26(27)7-3)22-25-11-8-12-28(16-25)29-13-9-14-30(17-29)41-35(33(19-39-41)36(42)43)32-18-31(32)34(37)20-38-4/h5,7-14,16-17,19-20,24,31-32,38H,3,6,15,18,21-23,37H2,1-2,4H3,(H,42,43)/b10-5-,34-20-/t24?,31?,32-/m1/s1. The van der Waals surface area contributed by atoms with Gasteiger partial charge in [0.05, 0.1) is 17.6 Å². The van der Waals surface area contributed by atoms with Gasteiger partial charge in [0.1, 0.15) is 5.56 Å². The van der Waals surface area contributed by atoms with Crippen molar-refractivity contribution in [3.63, 3.8) is 0 Å². The van der Waals surface area contributed by atoms with Crippen LogP contribution >= 0.6 is 0 Å². The van der Waals surface area contributed by atoms with Crippen LogP contribution in [0.25, 0.3) is 16.8 Å². The van der Waals surface area contributed by atoms with Crippen molar-refractivity contribution in [2.24, 2.45) is 17.6 Å². The number of aromatic carboxylic acids is 1. The molecule has 0 spiro atoms. The molecule has 0 saturated heterocycles. The van der Waals surface area contributed by atoms with Crippen molar-refractivity contribution < 1.29 is 9.90 Å². The van der Waals surface area contributed by atoms with Crippen LogP contribution in [0.4, 0.5) is 0 Å². The molecule has 5 rings (SSSR count). The molecule has 1 fully saturated rings. The molecule has 3 atom stereocenters. The summed E-state index contributed by atoms with van der Waals surface area (Å²) in [6.45, 7) is 11.3. The van der Waals surface area contributed by atoms with E-state index in [1.807, 2.05) is 25.3 Å². The Morgan fingerprint density at radius 1 is 1.19 bits per heavy atom. The van der Waals surface area contributed by atoms with Crippen molar-refractivity contribution in [2.45, 2.75) is 45.6 Å². The Morgan fingerprint density at radius 2 is 1.95 bits per heavy atom. The average molecular weight is 578 g/mol. The Hall–Kier alpha value is -4.36. The molecule has 0 bridgehead atoms. The fourth-order valence-electron chi connectivity index (χ4n) is 6.39. The van der Waals surface area contributed by atoms with Crippen molar-refractivity contribution in [3.8, 4) is 16.8 Å². The number of carbonyl (C=O) groups is 1. The lowest BCUT2D eigenvalue weighted by atomic mass is 9.95. The number of benzene rings is 2. The molecule has 1 saturated carbocycles. The van der Waals surface area contributed by atoms with Gasteiger partial charge in [0.2, 0.25) is 0 Å². The molecule has 0 amide bonds. The van der Waals surface area contributed by atoms with Crippen LogP contribution in [0.15, 0.2) is 103 Å². The predicted molar refractivity (Wildman–Crippen MR) is 174 cm³/mol. The highest BCUT2D eigenvalue weighted by Crippen LogP contribution is 2.51. The molecule has 4 N–H and O–H groups in total. The Labute approximate surface area is 255 Å². The second kappa shape index (κ2) is 13.3. The van der Waals surface area contributed by atoms with Gasteiger partial charge >= 0.3 is 5.97 Å². The van der Waals surface area contributed by atoms with E-state index < -0.39 is 5.97 Å². The van der Waals surface area contributed by atoms with E-state index >= 15 is 0 Å². The number of nitrogens with one attached hydrogen (secondary N) is 1. The van der Waals surface area contributed by atoms with Crippen molar-refractivity contribution in [1.29, 1.82) is 0 Å². The van der Waals surface area contributed by atoms with Gasteiger partial charge in [-0.05, 0) is 71.7 Å². The van der Waals surface area contributed by atoms with Crippen molar-refractivity contribution in [1.82, 2.24) is 20.0 Å². The van der Waals surface area contributed by atoms with E-state index in [9.17, 15) is 9.90 Å². The predicted octanol–water partition coefficient (Wildman–Crippen LogP) is 6.65. The zero-order chi connectivity index (χ0) is 30.5. The van der Waals surface area contributed by atoms with Gasteiger partial charge in [-0.1, -0.05) is 68.5 Å². The van der Waals surface area contributed by atoms with Gasteiger partial charge in [0.25, 0.3) is 0 Å². The maximum Gasteiger partial charge on any atom is 0.339 e. The SMILES string of the molecule is C=CC1=C(/C=C\C)CC(CC)CN(Cc2cccc(-c3cccc(-n4ncc(C(=O)O)c4[C@@H]4CC4/C(N)=C/NC)c3)c2)C1. The molecule has 2 heterocycles. The first kappa shape index (κ1) is 30.1. The third-order valence-electron chi connectivity index (χ3n) is 8.70. The maximum atomic E-state index is 12.1. The molecule has 0 radical (unpaired) electrons. The van der Waals surface area contributed by atoms with Gasteiger partial charge in [-0.2, -0.15) is 5.10 Å². The van der Waals surface area contributed by atoms with Gasteiger partial charge in [-0.15, -0.1) is 0 Å². The minimum absolute atomic E-state index is 0.00796. The lowest BCUT2D eigenvalue weighted by Crippen LogP contribution is -2.29. The Kier molecular flexibility index (Phi) is 9.31. The third kappa shape index (κ3) is 6.67. The monoisotopic (exact) mass is 577 g/mol. The summed E-state index contributed by atoms with van der Waals surface area (Å²) in [5, 5.41) is 17.4. The van der Waals surface area contributed by atoms with Crippen molar-refractivity contribution in [3.05, 3.63) is 119 Å². The molecule has 7 nitrogen and oxygen atoms in total. The quantitative estimate of drug-likeness (QED) is 0.236. The number of allylic oxidation sites excluding steroid dienone is 4. The number of carboxylic acid groups (broad SMARTS) is 1. The summed E-state index contributed by atoms with van der Waals surface area (Å²) in [4.78, 5) is 14.7. The number of nitrogens with two attached hydrogens (primary N) is 1. The smallest absolute Gasteiger partial charge is 0.339 e. The number of aromatic nitrogens is 2. The lowest BCUT2D eigenvalue weighted by Gasteiger charge is -2.24. The van der Waals surface area contributed by atoms with Crippen molar-refractivity contribution in [2.75, 3.05) is 20.1 Å². The molecule has 2 aromatic carbocycles. The molecular weight excluding hydrogens is 534 g/mol. The van der Waals surface area contributed by atoms with Crippen LogP contribution in [0.1, 0.15) is 60.6 Å². The van der Waals surface area contributed by atoms with Crippen LogP contribution in [0.3, 0.4) is 0 Å². The summed E-state index contributed by atoms with van der Waals surface area (Å²) in [5.74, 6) is -0.262. The molecule has 224 valence electrons. The first-order chi connectivity index (χ1) is 20.9. The van der Waals surface area contributed by atoms with Crippen LogP contribution in [-0.4, -0.2) is 45.9 Å². The summed E-state index contributed by atoms with van der Waals surface area (Å²) in [7, 11) is 1.81. The minimum Gasteiger partial charge on any atom is -0.478 e. The van der Waals surface area contributed by atoms with E-state index in [1.165, 1.54) is 22.9 Å². The molecule has 1 aromatic heterocycles. The van der Waals surface area contributed by atoms with Gasteiger partial charge < -0.3 is 16.2 Å². The van der Waals surface area contributed by atoms with Gasteiger partial charge in [-0.25, -0.2) is 9.48 Å². The highest BCUT2D eigenvalue weighted by molar-refractivity contribution is 5.89. The highest BCUT2D eigenvalue weighted by Gasteiger charge is 2.45. The molecule has 2 unspecified atom stereocenters. The van der Waals surface area contributed by atoms with Gasteiger partial charge in [-0.3, -0.25) is 4.90 Å². The molecule has 1 aliphatic carbocycles. The second-order valence-corrected chi connectivity index (χ2v) is 11.7. The summed E-state index contributed by atoms with van der Waals surface area (Å²) >= 11 is 0. The van der Waals surface area contributed by atoms with E-state index in [0.29, 0.717) is 11.6 Å². The highest BCUT2D eigenvalue weighted by atomic mass is 16.4. The Balaban J connectivity index is 1.42. The zero-order valence-corrected chi connectivity index (χ0v) is 25.5. The van der Waals surface area contributed by atoms with Crippen LogP contribution in [0.2, 0.25) is 0 Å². The maximum absolute atomic E-state index is 12.1. The first-order valence-corrected chi connectivity index (χ1v) is 15.2. The van der Waals surface area contributed by atoms with Crippen LogP contribution < -0.4 is 11.1 Å². The largest absolute Gasteiger partial charge is 0.478 e. The summed E-state index contributed by atoms with van der Waals surface area (Å²) in [6.07, 6.45) is 12.7. The number of rotatable bonds is 11. The normalized spacial score (nSPS) is 21.2. The average Bonchev–Trinajstić information content (AvgIpc) is 3.72. The lowest BCUT2D eigenvalue weighted by molar-refractivity contribution is 0.0695. The third-order valence-corrected chi connectivity index (χ3v) is 8.70. The van der Waals surface area contributed by atoms with E-state index in [0.717, 1.165) is 61.4 Å². The molecule has 3 aromatic rings. The topological polar surface area (TPSA) is 96.4 Å². The summed E-state index contributed by atoms with van der Waals surface area (Å²) in [5.41, 5.74) is 14.9. The van der Waals surface area contributed by atoms with Gasteiger partial charge in [0.15, 0.2) is 0 Å². The summed E-state index contributed by atoms with van der Waals surface area (Å²) in [6, 6.07) is 16.9. The van der Waals surface area contributed by atoms with Crippen LogP contribution in [0, 0.1) is 11.8 Å². The van der Waals surface area contributed by atoms with E-state index in [2.05, 4.69) is 84.3 Å². The number of hydrogen-bond donors (Lipinski definition) is 3. The van der Waals surface area contributed by atoms with Crippen molar-refractivity contribution >= 4 is 5.97 Å². The Morgan fingerprint density at radius 3 is 2.65 bits per heavy atom. The Bertz CT molecular complexity index is 1580. The van der Waals surface area contributed by atoms with E-state index in [1.54, 1.807) is 10.9 Å². The fraction of sp³-hybridized carbons (Fsp3) is 0.333. The van der Waals surface area contributed by atoms with Crippen LogP contribution in [0.5, 0.6) is 0 Å². The summed E-state index contributed by atoms with van der Waals surface area (Å²) < 4.78 is 1.78. The molecule has 43 heavy (non-hydrogen) atoms. The second-order valence-electron chi connectivity index (χ2n) is 11.7. The number of hydrogen-bond acceptors (Lipinski definition) is 5. The molecular formula is C36H43N5O2. The van der Waals surface area contributed by atoms with Gasteiger partial charge in [0, 0.05) is 50.4 Å². The first-order valence-electron chi connectivity index (χ1n) is 15.2. The molecule has 7 heteroatoms. The van der Waals surface area contributed by atoms with E-state index in [-0.39, 0.29) is 17.4 Å². The molecule has 2 aliphatic rings. The fourth-order valence-corrected chi connectivity index (χ4v) is 6.39. The zero-order valence-electron chi connectivity index (χ0n) is 25.5. The molecule has 1 aliphatic heterocycles. The minimum atomic E-state index is -0.974. The number of nitrogens with zero attached hydrogens (tertiary/aromatic N) is 3. The van der Waals surface area contributed by atoms with E-state index in [4.69, 9.17) is 5.73 Å².